The van der Waals surface area contributed by atoms with Crippen LogP contribution in [0, 0.1) is 11.8 Å². The number of nitrogens with one attached hydrogen (secondary N) is 1. The summed E-state index contributed by atoms with van der Waals surface area (Å²) in [5, 5.41) is 13.3. The first kappa shape index (κ1) is 12.0. The normalized spacial score (nSPS) is 30.6. The van der Waals surface area contributed by atoms with Crippen LogP contribution in [0.3, 0.4) is 0 Å². The lowest BCUT2D eigenvalue weighted by molar-refractivity contribution is 0.0675. The standard InChI is InChI=1S/C12H25NO/c1-9(2)10(3)13-8-11-6-4-5-7-12(11)14/h9-14H,4-8H2,1-3H3. The summed E-state index contributed by atoms with van der Waals surface area (Å²) in [6.07, 6.45) is 4.63. The minimum atomic E-state index is -0.0596. The highest BCUT2D eigenvalue weighted by molar-refractivity contribution is 4.77. The van der Waals surface area contributed by atoms with Gasteiger partial charge in [-0.05, 0) is 31.6 Å². The van der Waals surface area contributed by atoms with E-state index in [4.69, 9.17) is 0 Å². The summed E-state index contributed by atoms with van der Waals surface area (Å²) < 4.78 is 0. The Bertz CT molecular complexity index is 158. The van der Waals surface area contributed by atoms with Crippen LogP contribution >= 0.6 is 0 Å². The Kier molecular flexibility index (Phi) is 4.90. The van der Waals surface area contributed by atoms with Crippen LogP contribution in [-0.2, 0) is 0 Å². The molecule has 1 aliphatic rings. The number of hydrogen-bond donors (Lipinski definition) is 2. The molecule has 3 unspecified atom stereocenters. The summed E-state index contributed by atoms with van der Waals surface area (Å²) in [5.74, 6) is 1.17. The van der Waals surface area contributed by atoms with E-state index >= 15 is 0 Å². The van der Waals surface area contributed by atoms with Gasteiger partial charge in [-0.25, -0.2) is 0 Å². The maximum atomic E-state index is 9.78. The van der Waals surface area contributed by atoms with Crippen molar-refractivity contribution < 1.29 is 5.11 Å². The van der Waals surface area contributed by atoms with Crippen molar-refractivity contribution in [2.75, 3.05) is 6.54 Å². The highest BCUT2D eigenvalue weighted by Crippen LogP contribution is 2.23. The molecule has 1 aliphatic carbocycles. The summed E-state index contributed by atoms with van der Waals surface area (Å²) in [7, 11) is 0. The van der Waals surface area contributed by atoms with E-state index in [9.17, 15) is 5.11 Å². The van der Waals surface area contributed by atoms with E-state index in [0.29, 0.717) is 17.9 Å². The molecule has 3 atom stereocenters. The van der Waals surface area contributed by atoms with E-state index < -0.39 is 0 Å². The SMILES string of the molecule is CC(C)C(C)NCC1CCCCC1O. The Labute approximate surface area is 88.1 Å². The Morgan fingerprint density at radius 2 is 1.86 bits per heavy atom. The van der Waals surface area contributed by atoms with Gasteiger partial charge in [0.05, 0.1) is 6.10 Å². The Balaban J connectivity index is 2.22. The molecule has 14 heavy (non-hydrogen) atoms. The molecule has 0 spiro atoms. The topological polar surface area (TPSA) is 32.3 Å². The quantitative estimate of drug-likeness (QED) is 0.727. The van der Waals surface area contributed by atoms with Crippen molar-refractivity contribution in [3.8, 4) is 0 Å². The first-order valence-electron chi connectivity index (χ1n) is 6.02. The second kappa shape index (κ2) is 5.72. The molecule has 0 heterocycles. The fraction of sp³-hybridized carbons (Fsp3) is 1.00. The molecule has 1 rings (SSSR count). The van der Waals surface area contributed by atoms with Crippen LogP contribution in [0.1, 0.15) is 46.5 Å². The van der Waals surface area contributed by atoms with Crippen LogP contribution in [0.5, 0.6) is 0 Å². The first-order valence-corrected chi connectivity index (χ1v) is 6.02. The second-order valence-corrected chi connectivity index (χ2v) is 5.05. The summed E-state index contributed by atoms with van der Waals surface area (Å²) in [4.78, 5) is 0. The van der Waals surface area contributed by atoms with Crippen molar-refractivity contribution in [3.63, 3.8) is 0 Å². The van der Waals surface area contributed by atoms with Gasteiger partial charge < -0.3 is 10.4 Å². The van der Waals surface area contributed by atoms with Gasteiger partial charge in [0, 0.05) is 12.6 Å². The van der Waals surface area contributed by atoms with Gasteiger partial charge in [-0.2, -0.15) is 0 Å². The van der Waals surface area contributed by atoms with Crippen molar-refractivity contribution in [1.82, 2.24) is 5.32 Å². The lowest BCUT2D eigenvalue weighted by Crippen LogP contribution is -2.39. The number of hydrogen-bond acceptors (Lipinski definition) is 2. The summed E-state index contributed by atoms with van der Waals surface area (Å²) in [6.45, 7) is 7.67. The monoisotopic (exact) mass is 199 g/mol. The molecule has 84 valence electrons. The molecule has 0 bridgehead atoms. The minimum absolute atomic E-state index is 0.0596. The zero-order valence-electron chi connectivity index (χ0n) is 9.79. The predicted molar refractivity (Wildman–Crippen MR) is 60.3 cm³/mol. The predicted octanol–water partition coefficient (Wildman–Crippen LogP) is 2.17. The maximum absolute atomic E-state index is 9.78. The Morgan fingerprint density at radius 3 is 2.43 bits per heavy atom. The van der Waals surface area contributed by atoms with Gasteiger partial charge in [-0.1, -0.05) is 26.7 Å². The fourth-order valence-corrected chi connectivity index (χ4v) is 2.00. The zero-order valence-corrected chi connectivity index (χ0v) is 9.79. The molecule has 2 N–H and O–H groups in total. The molecule has 1 saturated carbocycles. The third-order valence-electron chi connectivity index (χ3n) is 3.57. The van der Waals surface area contributed by atoms with Gasteiger partial charge in [0.15, 0.2) is 0 Å². The van der Waals surface area contributed by atoms with E-state index in [1.807, 2.05) is 0 Å². The average Bonchev–Trinajstić information content (AvgIpc) is 2.16. The van der Waals surface area contributed by atoms with Gasteiger partial charge in [-0.3, -0.25) is 0 Å². The Morgan fingerprint density at radius 1 is 1.21 bits per heavy atom. The molecular weight excluding hydrogens is 174 g/mol. The van der Waals surface area contributed by atoms with Crippen molar-refractivity contribution in [2.45, 2.75) is 58.6 Å². The van der Waals surface area contributed by atoms with Crippen molar-refractivity contribution in [1.29, 1.82) is 0 Å². The lowest BCUT2D eigenvalue weighted by Gasteiger charge is -2.29. The molecule has 0 saturated heterocycles. The number of rotatable bonds is 4. The van der Waals surface area contributed by atoms with Crippen LogP contribution in [0.2, 0.25) is 0 Å². The van der Waals surface area contributed by atoms with E-state index in [1.165, 1.54) is 19.3 Å². The van der Waals surface area contributed by atoms with E-state index in [1.54, 1.807) is 0 Å². The summed E-state index contributed by atoms with van der Waals surface area (Å²) in [5.41, 5.74) is 0. The largest absolute Gasteiger partial charge is 0.393 e. The third kappa shape index (κ3) is 3.58. The van der Waals surface area contributed by atoms with Gasteiger partial charge in [0.2, 0.25) is 0 Å². The van der Waals surface area contributed by atoms with Crippen LogP contribution in [0.4, 0.5) is 0 Å². The molecule has 2 nitrogen and oxygen atoms in total. The Hall–Kier alpha value is -0.0800. The molecule has 0 aliphatic heterocycles. The summed E-state index contributed by atoms with van der Waals surface area (Å²) in [6, 6.07) is 0.559. The lowest BCUT2D eigenvalue weighted by atomic mass is 9.86. The fourth-order valence-electron chi connectivity index (χ4n) is 2.00. The van der Waals surface area contributed by atoms with Crippen LogP contribution in [0.15, 0.2) is 0 Å². The summed E-state index contributed by atoms with van der Waals surface area (Å²) >= 11 is 0. The molecule has 2 heteroatoms. The van der Waals surface area contributed by atoms with Crippen LogP contribution in [0.25, 0.3) is 0 Å². The average molecular weight is 199 g/mol. The van der Waals surface area contributed by atoms with E-state index in [-0.39, 0.29) is 6.10 Å². The molecule has 0 amide bonds. The molecule has 1 fully saturated rings. The smallest absolute Gasteiger partial charge is 0.0580 e. The van der Waals surface area contributed by atoms with Crippen molar-refractivity contribution >= 4 is 0 Å². The van der Waals surface area contributed by atoms with Crippen molar-refractivity contribution in [2.24, 2.45) is 11.8 Å². The highest BCUT2D eigenvalue weighted by Gasteiger charge is 2.23. The van der Waals surface area contributed by atoms with Crippen molar-refractivity contribution in [3.05, 3.63) is 0 Å². The number of aliphatic hydroxyl groups excluding tert-OH is 1. The molecular formula is C12H25NO. The third-order valence-corrected chi connectivity index (χ3v) is 3.57. The van der Waals surface area contributed by atoms with Gasteiger partial charge in [0.1, 0.15) is 0 Å². The van der Waals surface area contributed by atoms with Crippen LogP contribution < -0.4 is 5.32 Å². The van der Waals surface area contributed by atoms with Crippen LogP contribution in [-0.4, -0.2) is 23.8 Å². The minimum Gasteiger partial charge on any atom is -0.393 e. The number of aliphatic hydroxyl groups is 1. The highest BCUT2D eigenvalue weighted by atomic mass is 16.3. The van der Waals surface area contributed by atoms with Gasteiger partial charge in [-0.15, -0.1) is 0 Å². The first-order chi connectivity index (χ1) is 6.61. The van der Waals surface area contributed by atoms with Gasteiger partial charge >= 0.3 is 0 Å². The second-order valence-electron chi connectivity index (χ2n) is 5.05. The molecule has 0 aromatic carbocycles. The van der Waals surface area contributed by atoms with E-state index in [0.717, 1.165) is 13.0 Å². The molecule has 0 aromatic heterocycles. The van der Waals surface area contributed by atoms with E-state index in [2.05, 4.69) is 26.1 Å². The molecule has 0 radical (unpaired) electrons. The van der Waals surface area contributed by atoms with Gasteiger partial charge in [0.25, 0.3) is 0 Å². The molecule has 0 aromatic rings. The zero-order chi connectivity index (χ0) is 10.6. The maximum Gasteiger partial charge on any atom is 0.0580 e.